The maximum atomic E-state index is 12.6. The Morgan fingerprint density at radius 3 is 2.12 bits per heavy atom. The number of hydrogen-bond acceptors (Lipinski definition) is 5. The number of sulfonamides is 1. The zero-order valence-electron chi connectivity index (χ0n) is 11.8. The van der Waals surface area contributed by atoms with Gasteiger partial charge in [0.2, 0.25) is 9.84 Å². The lowest BCUT2D eigenvalue weighted by Crippen LogP contribution is -2.35. The van der Waals surface area contributed by atoms with Crippen molar-refractivity contribution in [1.29, 1.82) is 0 Å². The first-order valence-electron chi connectivity index (χ1n) is 6.49. The van der Waals surface area contributed by atoms with E-state index < -0.39 is 36.5 Å². The minimum Gasteiger partial charge on any atom is -0.268 e. The van der Waals surface area contributed by atoms with Crippen molar-refractivity contribution in [2.45, 2.75) is 9.79 Å². The molecule has 0 aromatic heterocycles. The lowest BCUT2D eigenvalue weighted by Gasteiger charge is -2.16. The molecule has 0 fully saturated rings. The molecule has 0 atom stereocenters. The number of halogens is 2. The first kappa shape index (κ1) is 17.2. The summed E-state index contributed by atoms with van der Waals surface area (Å²) in [7, 11) is -8.51. The van der Waals surface area contributed by atoms with Gasteiger partial charge in [0, 0.05) is 0 Å². The smallest absolute Gasteiger partial charge is 0.268 e. The summed E-state index contributed by atoms with van der Waals surface area (Å²) in [6.07, 6.45) is 0. The summed E-state index contributed by atoms with van der Waals surface area (Å²) >= 11 is 11.8. The molecule has 1 amide bonds. The van der Waals surface area contributed by atoms with Gasteiger partial charge < -0.3 is 0 Å². The molecule has 0 aliphatic carbocycles. The zero-order valence-corrected chi connectivity index (χ0v) is 15.0. The number of rotatable bonds is 3. The molecule has 1 heterocycles. The van der Waals surface area contributed by atoms with Crippen LogP contribution in [0.15, 0.2) is 52.3 Å². The van der Waals surface area contributed by atoms with Crippen molar-refractivity contribution in [1.82, 2.24) is 4.31 Å². The van der Waals surface area contributed by atoms with E-state index in [2.05, 4.69) is 0 Å². The minimum atomic E-state index is -4.26. The van der Waals surface area contributed by atoms with E-state index in [0.29, 0.717) is 4.31 Å². The molecular weight excluding hydrogens is 397 g/mol. The number of benzene rings is 2. The fourth-order valence-electron chi connectivity index (χ4n) is 2.36. The van der Waals surface area contributed by atoms with Crippen LogP contribution in [0.5, 0.6) is 0 Å². The van der Waals surface area contributed by atoms with Crippen molar-refractivity contribution in [2.75, 3.05) is 5.88 Å². The van der Waals surface area contributed by atoms with Crippen LogP contribution in [0.3, 0.4) is 0 Å². The predicted octanol–water partition coefficient (Wildman–Crippen LogP) is 2.57. The Bertz CT molecular complexity index is 1040. The Balaban J connectivity index is 2.08. The van der Waals surface area contributed by atoms with Gasteiger partial charge >= 0.3 is 0 Å². The van der Waals surface area contributed by atoms with Crippen LogP contribution in [0.4, 0.5) is 0 Å². The molecule has 6 nitrogen and oxygen atoms in total. The molecule has 0 saturated heterocycles. The number of sulfone groups is 1. The van der Waals surface area contributed by atoms with E-state index in [-0.39, 0.29) is 20.5 Å². The third-order valence-electron chi connectivity index (χ3n) is 3.43. The largest absolute Gasteiger partial charge is 0.269 e. The van der Waals surface area contributed by atoms with Crippen LogP contribution in [-0.4, -0.2) is 32.9 Å². The second-order valence-corrected chi connectivity index (χ2v) is 9.49. The molecule has 0 unspecified atom stereocenters. The summed E-state index contributed by atoms with van der Waals surface area (Å²) in [5, 5.41) is -0.298. The number of nitrogens with zero attached hydrogens (tertiary/aromatic N) is 1. The molecule has 0 bridgehead atoms. The van der Waals surface area contributed by atoms with Crippen molar-refractivity contribution in [3.63, 3.8) is 0 Å². The second-order valence-electron chi connectivity index (χ2n) is 4.95. The summed E-state index contributed by atoms with van der Waals surface area (Å²) in [6, 6.07) is 9.60. The van der Waals surface area contributed by atoms with E-state index in [1.807, 2.05) is 0 Å². The zero-order chi connectivity index (χ0) is 17.7. The SMILES string of the molecule is O=C1c2ccccc2S(=O)(=O)N1CS(=O)(=O)c1c(Cl)cccc1Cl. The molecule has 0 N–H and O–H groups in total. The lowest BCUT2D eigenvalue weighted by atomic mass is 10.2. The van der Waals surface area contributed by atoms with Gasteiger partial charge in [-0.25, -0.2) is 21.1 Å². The quantitative estimate of drug-likeness (QED) is 0.782. The van der Waals surface area contributed by atoms with E-state index in [0.717, 1.165) is 0 Å². The van der Waals surface area contributed by atoms with Crippen LogP contribution < -0.4 is 0 Å². The highest BCUT2D eigenvalue weighted by Crippen LogP contribution is 2.34. The maximum Gasteiger partial charge on any atom is 0.269 e. The fraction of sp³-hybridized carbons (Fsp3) is 0.0714. The number of fused-ring (bicyclic) bond motifs is 1. The van der Waals surface area contributed by atoms with Gasteiger partial charge in [-0.05, 0) is 24.3 Å². The van der Waals surface area contributed by atoms with Gasteiger partial charge in [0.05, 0.1) is 15.6 Å². The maximum absolute atomic E-state index is 12.6. The van der Waals surface area contributed by atoms with Crippen molar-refractivity contribution >= 4 is 49.0 Å². The van der Waals surface area contributed by atoms with Gasteiger partial charge in [-0.2, -0.15) is 0 Å². The Morgan fingerprint density at radius 1 is 0.958 bits per heavy atom. The molecule has 3 rings (SSSR count). The number of carbonyl (C=O) groups is 1. The summed E-state index contributed by atoms with van der Waals surface area (Å²) in [6.45, 7) is 0. The highest BCUT2D eigenvalue weighted by Gasteiger charge is 2.43. The van der Waals surface area contributed by atoms with E-state index in [4.69, 9.17) is 23.2 Å². The summed E-state index contributed by atoms with van der Waals surface area (Å²) < 4.78 is 50.4. The molecule has 2 aromatic carbocycles. The van der Waals surface area contributed by atoms with Gasteiger partial charge in [0.25, 0.3) is 15.9 Å². The third kappa shape index (κ3) is 2.59. The topological polar surface area (TPSA) is 88.6 Å². The van der Waals surface area contributed by atoms with Crippen LogP contribution in [0.1, 0.15) is 10.4 Å². The molecule has 0 saturated carbocycles. The predicted molar refractivity (Wildman–Crippen MR) is 88.3 cm³/mol. The first-order chi connectivity index (χ1) is 11.2. The summed E-state index contributed by atoms with van der Waals surface area (Å²) in [5.74, 6) is -1.98. The van der Waals surface area contributed by atoms with Crippen molar-refractivity contribution in [2.24, 2.45) is 0 Å². The van der Waals surface area contributed by atoms with Crippen LogP contribution in [0.2, 0.25) is 10.0 Å². The van der Waals surface area contributed by atoms with E-state index in [9.17, 15) is 21.6 Å². The van der Waals surface area contributed by atoms with Crippen LogP contribution in [-0.2, 0) is 19.9 Å². The van der Waals surface area contributed by atoms with Crippen LogP contribution in [0, 0.1) is 0 Å². The molecule has 10 heteroatoms. The number of hydrogen-bond donors (Lipinski definition) is 0. The van der Waals surface area contributed by atoms with Crippen molar-refractivity contribution in [3.8, 4) is 0 Å². The van der Waals surface area contributed by atoms with Crippen molar-refractivity contribution in [3.05, 3.63) is 58.1 Å². The van der Waals surface area contributed by atoms with Gasteiger partial charge in [-0.1, -0.05) is 41.4 Å². The fourth-order valence-corrected chi connectivity index (χ4v) is 6.95. The van der Waals surface area contributed by atoms with Crippen LogP contribution >= 0.6 is 23.2 Å². The Morgan fingerprint density at radius 2 is 1.54 bits per heavy atom. The molecule has 0 radical (unpaired) electrons. The normalized spacial score (nSPS) is 16.2. The molecule has 126 valence electrons. The molecule has 24 heavy (non-hydrogen) atoms. The van der Waals surface area contributed by atoms with Crippen LogP contribution in [0.25, 0.3) is 0 Å². The standard InChI is InChI=1S/C14H9Cl2NO5S2/c15-10-5-3-6-11(16)13(10)23(19,20)8-17-14(18)9-4-1-2-7-12(9)24(17,21)22/h1-7H,8H2. The van der Waals surface area contributed by atoms with E-state index in [1.165, 1.54) is 42.5 Å². The van der Waals surface area contributed by atoms with Gasteiger partial charge in [-0.3, -0.25) is 4.79 Å². The number of amides is 1. The first-order valence-corrected chi connectivity index (χ1v) is 10.3. The Labute approximate surface area is 148 Å². The highest BCUT2D eigenvalue weighted by molar-refractivity contribution is 7.94. The monoisotopic (exact) mass is 405 g/mol. The van der Waals surface area contributed by atoms with E-state index >= 15 is 0 Å². The van der Waals surface area contributed by atoms with E-state index in [1.54, 1.807) is 0 Å². The van der Waals surface area contributed by atoms with Gasteiger partial charge in [0.1, 0.15) is 15.7 Å². The average Bonchev–Trinajstić information content (AvgIpc) is 2.68. The lowest BCUT2D eigenvalue weighted by molar-refractivity contribution is 0.0885. The summed E-state index contributed by atoms with van der Waals surface area (Å²) in [4.78, 5) is 11.7. The average molecular weight is 406 g/mol. The molecule has 0 spiro atoms. The van der Waals surface area contributed by atoms with Gasteiger partial charge in [-0.15, -0.1) is 0 Å². The molecular formula is C14H9Cl2NO5S2. The molecule has 1 aliphatic rings. The summed E-state index contributed by atoms with van der Waals surface area (Å²) in [5.41, 5.74) is -0.0713. The molecule has 2 aromatic rings. The van der Waals surface area contributed by atoms with Crippen molar-refractivity contribution < 1.29 is 21.6 Å². The third-order valence-corrected chi connectivity index (χ3v) is 7.89. The number of carbonyl (C=O) groups excluding carboxylic acids is 1. The second kappa shape index (κ2) is 5.73. The minimum absolute atomic E-state index is 0.0713. The molecule has 1 aliphatic heterocycles. The Hall–Kier alpha value is -1.61. The Kier molecular flexibility index (Phi) is 4.11. The van der Waals surface area contributed by atoms with Gasteiger partial charge in [0.15, 0.2) is 0 Å². The highest BCUT2D eigenvalue weighted by atomic mass is 35.5.